The summed E-state index contributed by atoms with van der Waals surface area (Å²) in [6, 6.07) is 16.2. The summed E-state index contributed by atoms with van der Waals surface area (Å²) in [5, 5.41) is 11.3. The summed E-state index contributed by atoms with van der Waals surface area (Å²) < 4.78 is 34.0. The van der Waals surface area contributed by atoms with E-state index in [0.29, 0.717) is 35.4 Å². The van der Waals surface area contributed by atoms with E-state index in [4.69, 9.17) is 4.42 Å². The van der Waals surface area contributed by atoms with Crippen LogP contribution in [0.4, 0.5) is 5.69 Å². The van der Waals surface area contributed by atoms with Gasteiger partial charge in [0.1, 0.15) is 11.5 Å². The van der Waals surface area contributed by atoms with Gasteiger partial charge in [-0.1, -0.05) is 55.3 Å². The van der Waals surface area contributed by atoms with Crippen LogP contribution in [0.3, 0.4) is 0 Å². The van der Waals surface area contributed by atoms with Crippen molar-refractivity contribution in [3.8, 4) is 5.75 Å². The zero-order valence-electron chi connectivity index (χ0n) is 19.7. The van der Waals surface area contributed by atoms with Crippen molar-refractivity contribution < 1.29 is 17.9 Å². The second-order valence-corrected chi connectivity index (χ2v) is 11.5. The van der Waals surface area contributed by atoms with Gasteiger partial charge in [0.15, 0.2) is 0 Å². The molecule has 0 saturated heterocycles. The van der Waals surface area contributed by atoms with E-state index in [1.165, 1.54) is 0 Å². The lowest BCUT2D eigenvalue weighted by atomic mass is 9.85. The molecule has 2 N–H and O–H groups in total. The highest BCUT2D eigenvalue weighted by Gasteiger charge is 2.38. The molecule has 1 fully saturated rings. The van der Waals surface area contributed by atoms with Crippen molar-refractivity contribution in [1.82, 2.24) is 0 Å². The maximum atomic E-state index is 13.1. The van der Waals surface area contributed by atoms with Gasteiger partial charge in [0.2, 0.25) is 10.0 Å². The van der Waals surface area contributed by atoms with Gasteiger partial charge in [0, 0.05) is 23.6 Å². The van der Waals surface area contributed by atoms with Gasteiger partial charge in [0.25, 0.3) is 0 Å². The molecule has 2 aliphatic rings. The molecule has 1 unspecified atom stereocenters. The molecule has 184 valence electrons. The zero-order chi connectivity index (χ0) is 24.4. The lowest BCUT2D eigenvalue weighted by Gasteiger charge is -2.22. The molecule has 1 atom stereocenters. The van der Waals surface area contributed by atoms with E-state index in [1.54, 1.807) is 30.3 Å². The first-order valence-corrected chi connectivity index (χ1v) is 14.1. The van der Waals surface area contributed by atoms with Crippen LogP contribution in [0.15, 0.2) is 63.8 Å². The highest BCUT2D eigenvalue weighted by atomic mass is 32.2. The highest BCUT2D eigenvalue weighted by Crippen LogP contribution is 2.49. The number of aryl methyl sites for hydroxylation is 1. The third-order valence-electron chi connectivity index (χ3n) is 7.02. The van der Waals surface area contributed by atoms with Crippen molar-refractivity contribution in [1.29, 1.82) is 0 Å². The second-order valence-electron chi connectivity index (χ2n) is 9.76. The molecule has 5 rings (SSSR count). The molecule has 6 nitrogen and oxygen atoms in total. The number of aromatic hydroxyl groups is 1. The Hall–Kier alpha value is -3.06. The molecule has 2 aromatic carbocycles. The summed E-state index contributed by atoms with van der Waals surface area (Å²) in [5.41, 5.74) is 2.56. The number of hydrogen-bond donors (Lipinski definition) is 2. The summed E-state index contributed by atoms with van der Waals surface area (Å²) >= 11 is 0. The van der Waals surface area contributed by atoms with E-state index < -0.39 is 15.6 Å². The van der Waals surface area contributed by atoms with Crippen molar-refractivity contribution in [3.63, 3.8) is 0 Å². The Balaban J connectivity index is 1.48. The Labute approximate surface area is 206 Å². The molecule has 1 heterocycles. The van der Waals surface area contributed by atoms with E-state index in [1.807, 2.05) is 24.3 Å². The van der Waals surface area contributed by atoms with Crippen molar-refractivity contribution in [2.24, 2.45) is 5.92 Å². The highest BCUT2D eigenvalue weighted by molar-refractivity contribution is 7.91. The first kappa shape index (κ1) is 23.7. The van der Waals surface area contributed by atoms with Crippen molar-refractivity contribution in [2.45, 2.75) is 63.0 Å². The molecule has 7 heteroatoms. The number of nitrogens with one attached hydrogen (secondary N) is 1. The smallest absolute Gasteiger partial charge is 0.343 e. The standard InChI is InChI=1S/C28H31NO5S/c30-27-23-13-6-1-2-7-14-24(23)34-28(31)26(27)25(20-15-16-20)21-11-8-12-22(17-21)29-35(32,33)18-19-9-4-3-5-10-19/h3-5,8-12,17,20,25,29-30H,1-2,6-7,13-16,18H2. The van der Waals surface area contributed by atoms with Gasteiger partial charge in [-0.3, -0.25) is 4.72 Å². The van der Waals surface area contributed by atoms with E-state index >= 15 is 0 Å². The van der Waals surface area contributed by atoms with Gasteiger partial charge in [-0.2, -0.15) is 0 Å². The first-order chi connectivity index (χ1) is 16.9. The van der Waals surface area contributed by atoms with Crippen molar-refractivity contribution >= 4 is 15.7 Å². The molecule has 1 aromatic heterocycles. The van der Waals surface area contributed by atoms with Gasteiger partial charge in [0.05, 0.1) is 11.3 Å². The lowest BCUT2D eigenvalue weighted by Crippen LogP contribution is -2.19. The van der Waals surface area contributed by atoms with Crippen molar-refractivity contribution in [3.05, 3.63) is 93.0 Å². The predicted octanol–water partition coefficient (Wildman–Crippen LogP) is 5.49. The number of benzene rings is 2. The summed E-state index contributed by atoms with van der Waals surface area (Å²) in [7, 11) is -3.61. The molecule has 1 saturated carbocycles. The van der Waals surface area contributed by atoms with Crippen LogP contribution in [0.1, 0.15) is 72.5 Å². The van der Waals surface area contributed by atoms with Crippen LogP contribution in [0.2, 0.25) is 0 Å². The third-order valence-corrected chi connectivity index (χ3v) is 8.28. The van der Waals surface area contributed by atoms with Gasteiger partial charge < -0.3 is 9.52 Å². The zero-order valence-corrected chi connectivity index (χ0v) is 20.5. The Morgan fingerprint density at radius 3 is 2.46 bits per heavy atom. The molecule has 35 heavy (non-hydrogen) atoms. The number of anilines is 1. The van der Waals surface area contributed by atoms with Crippen molar-refractivity contribution in [2.75, 3.05) is 4.72 Å². The van der Waals surface area contributed by atoms with Crippen LogP contribution in [-0.4, -0.2) is 13.5 Å². The minimum absolute atomic E-state index is 0.0742. The lowest BCUT2D eigenvalue weighted by molar-refractivity contribution is 0.382. The van der Waals surface area contributed by atoms with E-state index in [9.17, 15) is 18.3 Å². The molecular formula is C28H31NO5S. The predicted molar refractivity (Wildman–Crippen MR) is 136 cm³/mol. The summed E-state index contributed by atoms with van der Waals surface area (Å²) in [4.78, 5) is 13.1. The largest absolute Gasteiger partial charge is 0.507 e. The van der Waals surface area contributed by atoms with Gasteiger partial charge in [-0.25, -0.2) is 13.2 Å². The molecular weight excluding hydrogens is 462 g/mol. The van der Waals surface area contributed by atoms with E-state index in [-0.39, 0.29) is 23.3 Å². The monoisotopic (exact) mass is 493 g/mol. The van der Waals surface area contributed by atoms with Gasteiger partial charge in [-0.05, 0) is 61.3 Å². The fraction of sp³-hybridized carbons (Fsp3) is 0.393. The van der Waals surface area contributed by atoms with E-state index in [0.717, 1.165) is 49.7 Å². The van der Waals surface area contributed by atoms with Crippen LogP contribution < -0.4 is 10.3 Å². The van der Waals surface area contributed by atoms with E-state index in [2.05, 4.69) is 4.72 Å². The molecule has 0 aliphatic heterocycles. The second kappa shape index (κ2) is 9.90. The fourth-order valence-corrected chi connectivity index (χ4v) is 6.39. The van der Waals surface area contributed by atoms with Crippen LogP contribution in [0.5, 0.6) is 5.75 Å². The minimum atomic E-state index is -3.61. The number of hydrogen-bond acceptors (Lipinski definition) is 5. The SMILES string of the molecule is O=c1oc2c(c(O)c1C(c1cccc(NS(=O)(=O)Cc3ccccc3)c1)C1CC1)CCCCCC2. The third kappa shape index (κ3) is 5.45. The Morgan fingerprint density at radius 1 is 0.971 bits per heavy atom. The quantitative estimate of drug-likeness (QED) is 0.454. The fourth-order valence-electron chi connectivity index (χ4n) is 5.20. The van der Waals surface area contributed by atoms with Gasteiger partial charge >= 0.3 is 5.63 Å². The Kier molecular flexibility index (Phi) is 6.69. The number of sulfonamides is 1. The van der Waals surface area contributed by atoms with Crippen LogP contribution >= 0.6 is 0 Å². The normalized spacial score (nSPS) is 17.1. The molecule has 0 bridgehead atoms. The molecule has 2 aliphatic carbocycles. The number of rotatable bonds is 7. The first-order valence-electron chi connectivity index (χ1n) is 12.4. The average Bonchev–Trinajstić information content (AvgIpc) is 3.63. The molecule has 0 spiro atoms. The Morgan fingerprint density at radius 2 is 1.71 bits per heavy atom. The topological polar surface area (TPSA) is 96.6 Å². The Bertz CT molecular complexity index is 1360. The summed E-state index contributed by atoms with van der Waals surface area (Å²) in [6.45, 7) is 0. The maximum absolute atomic E-state index is 13.1. The molecule has 3 aromatic rings. The number of fused-ring (bicyclic) bond motifs is 1. The maximum Gasteiger partial charge on any atom is 0.343 e. The van der Waals surface area contributed by atoms with Gasteiger partial charge in [-0.15, -0.1) is 0 Å². The average molecular weight is 494 g/mol. The van der Waals surface area contributed by atoms with Crippen LogP contribution in [0, 0.1) is 5.92 Å². The molecule has 0 amide bonds. The minimum Gasteiger partial charge on any atom is -0.507 e. The summed E-state index contributed by atoms with van der Waals surface area (Å²) in [6.07, 6.45) is 7.38. The van der Waals surface area contributed by atoms with Crippen LogP contribution in [0.25, 0.3) is 0 Å². The van der Waals surface area contributed by atoms with Crippen LogP contribution in [-0.2, 0) is 28.6 Å². The molecule has 0 radical (unpaired) electrons. The summed E-state index contributed by atoms with van der Waals surface area (Å²) in [5.74, 6) is 0.449.